The first-order chi connectivity index (χ1) is 6.36. The Morgan fingerprint density at radius 2 is 2.38 bits per heavy atom. The summed E-state index contributed by atoms with van der Waals surface area (Å²) in [5.41, 5.74) is 5.96. The fourth-order valence-electron chi connectivity index (χ4n) is 1.20. The number of nitrogens with zero attached hydrogens (tertiary/aromatic N) is 2. The first-order valence-electron chi connectivity index (χ1n) is 4.50. The Bertz CT molecular complexity index is 261. The molecule has 13 heavy (non-hydrogen) atoms. The third-order valence-corrected chi connectivity index (χ3v) is 3.25. The van der Waals surface area contributed by atoms with Crippen LogP contribution in [0.25, 0.3) is 0 Å². The van der Waals surface area contributed by atoms with Gasteiger partial charge in [0.15, 0.2) is 0 Å². The maximum atomic E-state index is 5.96. The molecule has 0 radical (unpaired) electrons. The minimum Gasteiger partial charge on any atom is -0.327 e. The van der Waals surface area contributed by atoms with Crippen LogP contribution in [0.4, 0.5) is 0 Å². The number of thioether (sulfide) groups is 1. The molecule has 0 aliphatic heterocycles. The highest BCUT2D eigenvalue weighted by atomic mass is 32.2. The third kappa shape index (κ3) is 2.67. The average Bonchev–Trinajstić information content (AvgIpc) is 2.99. The van der Waals surface area contributed by atoms with Crippen LogP contribution in [-0.2, 0) is 0 Å². The number of hydrogen-bond acceptors (Lipinski definition) is 4. The summed E-state index contributed by atoms with van der Waals surface area (Å²) in [7, 11) is 0. The highest BCUT2D eigenvalue weighted by molar-refractivity contribution is 7.99. The molecule has 0 amide bonds. The van der Waals surface area contributed by atoms with Crippen LogP contribution in [0.3, 0.4) is 0 Å². The van der Waals surface area contributed by atoms with Crippen LogP contribution in [-0.4, -0.2) is 21.8 Å². The number of aromatic nitrogens is 2. The topological polar surface area (TPSA) is 51.8 Å². The summed E-state index contributed by atoms with van der Waals surface area (Å²) >= 11 is 1.70. The van der Waals surface area contributed by atoms with Crippen LogP contribution in [0, 0.1) is 5.92 Å². The van der Waals surface area contributed by atoms with Crippen LogP contribution in [0.2, 0.25) is 0 Å². The molecule has 0 bridgehead atoms. The van der Waals surface area contributed by atoms with Crippen molar-refractivity contribution in [3.63, 3.8) is 0 Å². The van der Waals surface area contributed by atoms with Crippen molar-refractivity contribution in [2.75, 3.05) is 5.75 Å². The molecule has 1 fully saturated rings. The summed E-state index contributed by atoms with van der Waals surface area (Å²) in [6, 6.07) is 0.340. The first-order valence-corrected chi connectivity index (χ1v) is 5.49. The Balaban J connectivity index is 1.78. The van der Waals surface area contributed by atoms with Crippen LogP contribution in [0.1, 0.15) is 12.8 Å². The molecule has 1 aliphatic carbocycles. The minimum atomic E-state index is 0.340. The average molecular weight is 195 g/mol. The molecule has 1 unspecified atom stereocenters. The van der Waals surface area contributed by atoms with Crippen LogP contribution >= 0.6 is 11.8 Å². The van der Waals surface area contributed by atoms with E-state index in [1.54, 1.807) is 30.4 Å². The van der Waals surface area contributed by atoms with E-state index in [0.29, 0.717) is 6.04 Å². The molecule has 4 heteroatoms. The molecule has 1 aliphatic rings. The van der Waals surface area contributed by atoms with Gasteiger partial charge >= 0.3 is 0 Å². The minimum absolute atomic E-state index is 0.340. The van der Waals surface area contributed by atoms with Crippen LogP contribution in [0.15, 0.2) is 23.6 Å². The zero-order valence-electron chi connectivity index (χ0n) is 7.39. The SMILES string of the molecule is NC(CSc1cnccn1)C1CC1. The standard InChI is InChI=1S/C9H13N3S/c10-8(7-1-2-7)6-13-9-5-11-3-4-12-9/h3-5,7-8H,1-2,6,10H2. The smallest absolute Gasteiger partial charge is 0.114 e. The van der Waals surface area contributed by atoms with Gasteiger partial charge in [-0.15, -0.1) is 11.8 Å². The van der Waals surface area contributed by atoms with Crippen LogP contribution < -0.4 is 5.73 Å². The summed E-state index contributed by atoms with van der Waals surface area (Å²) in [5.74, 6) is 1.73. The second kappa shape index (κ2) is 4.07. The second-order valence-electron chi connectivity index (χ2n) is 3.36. The van der Waals surface area contributed by atoms with E-state index in [2.05, 4.69) is 9.97 Å². The fraction of sp³-hybridized carbons (Fsp3) is 0.556. The van der Waals surface area contributed by atoms with Crippen molar-refractivity contribution in [1.29, 1.82) is 0 Å². The molecule has 2 rings (SSSR count). The predicted molar refractivity (Wildman–Crippen MR) is 53.5 cm³/mol. The van der Waals surface area contributed by atoms with E-state index in [9.17, 15) is 0 Å². The molecule has 1 saturated carbocycles. The number of nitrogens with two attached hydrogens (primary N) is 1. The summed E-state index contributed by atoms with van der Waals surface area (Å²) in [5, 5.41) is 0.971. The zero-order chi connectivity index (χ0) is 9.10. The summed E-state index contributed by atoms with van der Waals surface area (Å²) in [6.45, 7) is 0. The molecule has 1 heterocycles. The van der Waals surface area contributed by atoms with Crippen molar-refractivity contribution >= 4 is 11.8 Å². The van der Waals surface area contributed by atoms with Crippen molar-refractivity contribution in [2.45, 2.75) is 23.9 Å². The maximum Gasteiger partial charge on any atom is 0.114 e. The van der Waals surface area contributed by atoms with Gasteiger partial charge in [0.25, 0.3) is 0 Å². The quantitative estimate of drug-likeness (QED) is 0.736. The molecule has 2 N–H and O–H groups in total. The molecule has 1 atom stereocenters. The molecule has 70 valence electrons. The van der Waals surface area contributed by atoms with Crippen molar-refractivity contribution in [1.82, 2.24) is 9.97 Å². The van der Waals surface area contributed by atoms with Crippen molar-refractivity contribution in [2.24, 2.45) is 11.7 Å². The monoisotopic (exact) mass is 195 g/mol. The lowest BCUT2D eigenvalue weighted by atomic mass is 10.2. The van der Waals surface area contributed by atoms with E-state index in [4.69, 9.17) is 5.73 Å². The van der Waals surface area contributed by atoms with E-state index in [1.165, 1.54) is 12.8 Å². The summed E-state index contributed by atoms with van der Waals surface area (Å²) in [4.78, 5) is 8.17. The number of rotatable bonds is 4. The molecule has 1 aromatic rings. The van der Waals surface area contributed by atoms with Crippen molar-refractivity contribution in [3.8, 4) is 0 Å². The number of hydrogen-bond donors (Lipinski definition) is 1. The molecular weight excluding hydrogens is 182 g/mol. The molecule has 1 aromatic heterocycles. The first kappa shape index (κ1) is 8.97. The largest absolute Gasteiger partial charge is 0.327 e. The Kier molecular flexibility index (Phi) is 2.80. The van der Waals surface area contributed by atoms with Gasteiger partial charge in [0, 0.05) is 24.2 Å². The van der Waals surface area contributed by atoms with Gasteiger partial charge in [0.2, 0.25) is 0 Å². The second-order valence-corrected chi connectivity index (χ2v) is 4.40. The lowest BCUT2D eigenvalue weighted by Gasteiger charge is -2.07. The van der Waals surface area contributed by atoms with Gasteiger partial charge in [-0.1, -0.05) is 0 Å². The molecule has 0 spiro atoms. The summed E-state index contributed by atoms with van der Waals surface area (Å²) in [6.07, 6.45) is 7.80. The lowest BCUT2D eigenvalue weighted by molar-refractivity contribution is 0.658. The van der Waals surface area contributed by atoms with Crippen molar-refractivity contribution in [3.05, 3.63) is 18.6 Å². The molecular formula is C9H13N3S. The highest BCUT2D eigenvalue weighted by Crippen LogP contribution is 2.33. The third-order valence-electron chi connectivity index (χ3n) is 2.19. The molecule has 3 nitrogen and oxygen atoms in total. The van der Waals surface area contributed by atoms with Gasteiger partial charge in [0.05, 0.1) is 6.20 Å². The van der Waals surface area contributed by atoms with Gasteiger partial charge in [0.1, 0.15) is 5.03 Å². The van der Waals surface area contributed by atoms with Gasteiger partial charge in [-0.05, 0) is 18.8 Å². The Morgan fingerprint density at radius 1 is 1.54 bits per heavy atom. The van der Waals surface area contributed by atoms with Gasteiger partial charge in [-0.3, -0.25) is 4.98 Å². The Morgan fingerprint density at radius 3 is 3.00 bits per heavy atom. The van der Waals surface area contributed by atoms with Crippen molar-refractivity contribution < 1.29 is 0 Å². The highest BCUT2D eigenvalue weighted by Gasteiger charge is 2.28. The van der Waals surface area contributed by atoms with E-state index < -0.39 is 0 Å². The van der Waals surface area contributed by atoms with E-state index in [0.717, 1.165) is 16.7 Å². The van der Waals surface area contributed by atoms with Crippen LogP contribution in [0.5, 0.6) is 0 Å². The summed E-state index contributed by atoms with van der Waals surface area (Å²) < 4.78 is 0. The van der Waals surface area contributed by atoms with Gasteiger partial charge < -0.3 is 5.73 Å². The molecule has 0 saturated heterocycles. The molecule has 0 aromatic carbocycles. The van der Waals surface area contributed by atoms with E-state index in [-0.39, 0.29) is 0 Å². The Hall–Kier alpha value is -0.610. The van der Waals surface area contributed by atoms with Gasteiger partial charge in [-0.2, -0.15) is 0 Å². The van der Waals surface area contributed by atoms with E-state index >= 15 is 0 Å². The fourth-order valence-corrected chi connectivity index (χ4v) is 2.11. The maximum absolute atomic E-state index is 5.96. The Labute approximate surface area is 82.2 Å². The predicted octanol–water partition coefficient (Wildman–Crippen LogP) is 1.31. The van der Waals surface area contributed by atoms with E-state index in [1.807, 2.05) is 0 Å². The normalized spacial score (nSPS) is 18.5. The lowest BCUT2D eigenvalue weighted by Crippen LogP contribution is -2.25. The zero-order valence-corrected chi connectivity index (χ0v) is 8.20. The van der Waals surface area contributed by atoms with Gasteiger partial charge in [-0.25, -0.2) is 4.98 Å².